The fraction of sp³-hybridized carbons (Fsp3) is 0.348. The lowest BCUT2D eigenvalue weighted by molar-refractivity contribution is -0.135. The lowest BCUT2D eigenvalue weighted by Gasteiger charge is -2.36. The average Bonchev–Trinajstić information content (AvgIpc) is 2.81. The first-order chi connectivity index (χ1) is 15.1. The summed E-state index contributed by atoms with van der Waals surface area (Å²) in [5.41, 5.74) is 1.18. The van der Waals surface area contributed by atoms with Crippen LogP contribution in [0.15, 0.2) is 53.4 Å². The van der Waals surface area contributed by atoms with Gasteiger partial charge in [-0.05, 0) is 43.5 Å². The molecule has 31 heavy (non-hydrogen) atoms. The summed E-state index contributed by atoms with van der Waals surface area (Å²) in [4.78, 5) is 43.3. The van der Waals surface area contributed by atoms with Crippen molar-refractivity contribution in [1.29, 1.82) is 0 Å². The molecule has 0 aliphatic carbocycles. The first kappa shape index (κ1) is 21.2. The van der Waals surface area contributed by atoms with Gasteiger partial charge < -0.3 is 19.9 Å². The van der Waals surface area contributed by atoms with Crippen LogP contribution in [-0.2, 0) is 14.4 Å². The maximum Gasteiger partial charge on any atom is 0.250 e. The molecule has 0 saturated carbocycles. The van der Waals surface area contributed by atoms with E-state index in [-0.39, 0.29) is 24.3 Å². The lowest BCUT2D eigenvalue weighted by atomic mass is 10.1. The van der Waals surface area contributed by atoms with Gasteiger partial charge in [0.1, 0.15) is 12.3 Å². The summed E-state index contributed by atoms with van der Waals surface area (Å²) in [6.45, 7) is 1.18. The summed E-state index contributed by atoms with van der Waals surface area (Å²) in [7, 11) is 1.53. The first-order valence-electron chi connectivity index (χ1n) is 10.4. The van der Waals surface area contributed by atoms with E-state index >= 15 is 0 Å². The molecular formula is C23H25N3O4S. The molecule has 3 amide bonds. The summed E-state index contributed by atoms with van der Waals surface area (Å²) >= 11 is 1.27. The Morgan fingerprint density at radius 3 is 2.55 bits per heavy atom. The highest BCUT2D eigenvalue weighted by atomic mass is 32.2. The zero-order valence-corrected chi connectivity index (χ0v) is 18.2. The van der Waals surface area contributed by atoms with Gasteiger partial charge >= 0.3 is 0 Å². The minimum absolute atomic E-state index is 0.167. The minimum atomic E-state index is -0.868. The number of carbonyl (C=O) groups is 3. The molecule has 7 nitrogen and oxygen atoms in total. The van der Waals surface area contributed by atoms with E-state index in [1.165, 1.54) is 23.8 Å². The summed E-state index contributed by atoms with van der Waals surface area (Å²) in [6.07, 6.45) is 3.02. The van der Waals surface area contributed by atoms with Gasteiger partial charge in [0.15, 0.2) is 5.25 Å². The molecule has 1 atom stereocenters. The third kappa shape index (κ3) is 4.54. The topological polar surface area (TPSA) is 79.0 Å². The van der Waals surface area contributed by atoms with Crippen molar-refractivity contribution in [1.82, 2.24) is 4.90 Å². The standard InChI is InChI=1S/C23H25N3O4S/c1-30-18-11-5-3-9-16(18)24-20(27)15-26-17-10-4-6-12-19(17)31-21(23(26)29)22(28)25-13-7-2-8-14-25/h3-6,9-12,21H,2,7-8,13-15H2,1H3,(H,24,27)/t21-/m1/s1. The van der Waals surface area contributed by atoms with Crippen LogP contribution >= 0.6 is 11.8 Å². The van der Waals surface area contributed by atoms with Crippen molar-refractivity contribution >= 4 is 40.9 Å². The van der Waals surface area contributed by atoms with Gasteiger partial charge in [-0.25, -0.2) is 0 Å². The Hall–Kier alpha value is -3.00. The molecule has 0 spiro atoms. The fourth-order valence-corrected chi connectivity index (χ4v) is 5.09. The normalized spacial score (nSPS) is 18.4. The van der Waals surface area contributed by atoms with E-state index in [4.69, 9.17) is 4.74 Å². The predicted molar refractivity (Wildman–Crippen MR) is 120 cm³/mol. The largest absolute Gasteiger partial charge is 0.495 e. The number of rotatable bonds is 5. The molecule has 2 aliphatic heterocycles. The van der Waals surface area contributed by atoms with Crippen LogP contribution in [0.4, 0.5) is 11.4 Å². The first-order valence-corrected chi connectivity index (χ1v) is 11.2. The Balaban J connectivity index is 1.55. The van der Waals surface area contributed by atoms with E-state index in [2.05, 4.69) is 5.32 Å². The lowest BCUT2D eigenvalue weighted by Crippen LogP contribution is -2.52. The molecule has 162 valence electrons. The van der Waals surface area contributed by atoms with Crippen LogP contribution in [0.5, 0.6) is 5.75 Å². The number of piperidine rings is 1. The second-order valence-electron chi connectivity index (χ2n) is 7.52. The summed E-state index contributed by atoms with van der Waals surface area (Å²) < 4.78 is 5.28. The van der Waals surface area contributed by atoms with Crippen LogP contribution in [0.25, 0.3) is 0 Å². The number of nitrogens with one attached hydrogen (secondary N) is 1. The van der Waals surface area contributed by atoms with Gasteiger partial charge in [-0.15, -0.1) is 11.8 Å². The number of thioether (sulfide) groups is 1. The van der Waals surface area contributed by atoms with Crippen LogP contribution in [0, 0.1) is 0 Å². The summed E-state index contributed by atoms with van der Waals surface area (Å²) in [5, 5.41) is 1.94. The highest BCUT2D eigenvalue weighted by Crippen LogP contribution is 2.40. The average molecular weight is 440 g/mol. The number of carbonyl (C=O) groups excluding carboxylic acids is 3. The molecule has 0 bridgehead atoms. The van der Waals surface area contributed by atoms with Crippen molar-refractivity contribution in [2.75, 3.05) is 37.0 Å². The van der Waals surface area contributed by atoms with Crippen molar-refractivity contribution in [2.45, 2.75) is 29.4 Å². The maximum absolute atomic E-state index is 13.3. The van der Waals surface area contributed by atoms with Crippen molar-refractivity contribution in [3.05, 3.63) is 48.5 Å². The third-order valence-electron chi connectivity index (χ3n) is 5.47. The van der Waals surface area contributed by atoms with E-state index in [9.17, 15) is 14.4 Å². The Kier molecular flexibility index (Phi) is 6.46. The predicted octanol–water partition coefficient (Wildman–Crippen LogP) is 3.15. The number of benzene rings is 2. The quantitative estimate of drug-likeness (QED) is 0.724. The molecule has 0 radical (unpaired) electrons. The number of likely N-dealkylation sites (tertiary alicyclic amines) is 1. The van der Waals surface area contributed by atoms with Gasteiger partial charge in [0.05, 0.1) is 18.5 Å². The molecule has 0 unspecified atom stereocenters. The second-order valence-corrected chi connectivity index (χ2v) is 8.67. The van der Waals surface area contributed by atoms with E-state index in [1.807, 2.05) is 24.3 Å². The third-order valence-corrected chi connectivity index (χ3v) is 6.70. The Bertz CT molecular complexity index is 990. The number of anilines is 2. The van der Waals surface area contributed by atoms with Gasteiger partial charge in [-0.2, -0.15) is 0 Å². The molecule has 0 aromatic heterocycles. The number of amides is 3. The molecule has 2 aromatic carbocycles. The van der Waals surface area contributed by atoms with Crippen LogP contribution in [-0.4, -0.2) is 54.6 Å². The summed E-state index contributed by atoms with van der Waals surface area (Å²) in [5.74, 6) is -0.340. The number of nitrogens with zero attached hydrogens (tertiary/aromatic N) is 2. The maximum atomic E-state index is 13.3. The number of para-hydroxylation sites is 3. The van der Waals surface area contributed by atoms with Crippen molar-refractivity contribution in [3.63, 3.8) is 0 Å². The Labute approximate surface area is 185 Å². The molecule has 4 rings (SSSR count). The molecule has 8 heteroatoms. The van der Waals surface area contributed by atoms with Crippen LogP contribution in [0.2, 0.25) is 0 Å². The van der Waals surface area contributed by atoms with E-state index in [0.29, 0.717) is 30.2 Å². The number of methoxy groups -OCH3 is 1. The minimum Gasteiger partial charge on any atom is -0.495 e. The SMILES string of the molecule is COc1ccccc1NC(=O)CN1C(=O)[C@@H](C(=O)N2CCCCC2)Sc2ccccc21. The number of hydrogen-bond donors (Lipinski definition) is 1. The smallest absolute Gasteiger partial charge is 0.250 e. The molecule has 1 N–H and O–H groups in total. The number of ether oxygens (including phenoxy) is 1. The van der Waals surface area contributed by atoms with Gasteiger partial charge in [0.2, 0.25) is 11.8 Å². The zero-order valence-electron chi connectivity index (χ0n) is 17.4. The zero-order chi connectivity index (χ0) is 21.8. The molecule has 2 aromatic rings. The van der Waals surface area contributed by atoms with Crippen LogP contribution < -0.4 is 15.0 Å². The Morgan fingerprint density at radius 2 is 1.77 bits per heavy atom. The van der Waals surface area contributed by atoms with Crippen molar-refractivity contribution < 1.29 is 19.1 Å². The van der Waals surface area contributed by atoms with Crippen LogP contribution in [0.3, 0.4) is 0 Å². The van der Waals surface area contributed by atoms with Gasteiger partial charge in [0.25, 0.3) is 5.91 Å². The molecule has 1 fully saturated rings. The Morgan fingerprint density at radius 1 is 1.06 bits per heavy atom. The second kappa shape index (κ2) is 9.43. The molecule has 2 aliphatic rings. The molecular weight excluding hydrogens is 414 g/mol. The molecule has 1 saturated heterocycles. The number of hydrogen-bond acceptors (Lipinski definition) is 5. The fourth-order valence-electron chi connectivity index (χ4n) is 3.90. The van der Waals surface area contributed by atoms with Gasteiger partial charge in [-0.1, -0.05) is 24.3 Å². The monoisotopic (exact) mass is 439 g/mol. The highest BCUT2D eigenvalue weighted by Gasteiger charge is 2.41. The summed E-state index contributed by atoms with van der Waals surface area (Å²) in [6, 6.07) is 14.5. The van der Waals surface area contributed by atoms with Crippen molar-refractivity contribution in [2.24, 2.45) is 0 Å². The van der Waals surface area contributed by atoms with Gasteiger partial charge in [-0.3, -0.25) is 14.4 Å². The highest BCUT2D eigenvalue weighted by molar-refractivity contribution is 8.01. The van der Waals surface area contributed by atoms with Gasteiger partial charge in [0, 0.05) is 18.0 Å². The van der Waals surface area contributed by atoms with E-state index < -0.39 is 5.25 Å². The van der Waals surface area contributed by atoms with Crippen LogP contribution in [0.1, 0.15) is 19.3 Å². The van der Waals surface area contributed by atoms with E-state index in [0.717, 1.165) is 24.2 Å². The van der Waals surface area contributed by atoms with E-state index in [1.54, 1.807) is 29.2 Å². The molecule has 2 heterocycles. The number of fused-ring (bicyclic) bond motifs is 1. The van der Waals surface area contributed by atoms with Crippen molar-refractivity contribution in [3.8, 4) is 5.75 Å².